The zero-order chi connectivity index (χ0) is 17.9. The Bertz CT molecular complexity index is 779. The summed E-state index contributed by atoms with van der Waals surface area (Å²) in [7, 11) is 0. The van der Waals surface area contributed by atoms with E-state index in [4.69, 9.17) is 0 Å². The van der Waals surface area contributed by atoms with Gasteiger partial charge in [-0.1, -0.05) is 30.3 Å². The number of anilines is 2. The maximum atomic E-state index is 11.3. The van der Waals surface area contributed by atoms with E-state index in [0.717, 1.165) is 45.1 Å². The quantitative estimate of drug-likeness (QED) is 0.605. The van der Waals surface area contributed by atoms with Gasteiger partial charge in [-0.15, -0.1) is 0 Å². The minimum Gasteiger partial charge on any atom is -0.361 e. The summed E-state index contributed by atoms with van der Waals surface area (Å²) >= 11 is 0. The van der Waals surface area contributed by atoms with Gasteiger partial charge in [0.25, 0.3) is 0 Å². The Kier molecular flexibility index (Phi) is 4.69. The molecule has 0 radical (unpaired) electrons. The first kappa shape index (κ1) is 16.8. The van der Waals surface area contributed by atoms with Gasteiger partial charge in [-0.25, -0.2) is 4.98 Å². The second-order valence-corrected chi connectivity index (χ2v) is 7.09. The third-order valence-electron chi connectivity index (χ3n) is 5.11. The van der Waals surface area contributed by atoms with E-state index in [1.807, 2.05) is 6.07 Å². The second-order valence-electron chi connectivity index (χ2n) is 7.09. The number of rotatable bonds is 7. The van der Waals surface area contributed by atoms with E-state index < -0.39 is 4.92 Å². The summed E-state index contributed by atoms with van der Waals surface area (Å²) in [5.74, 6) is 0.963. The third kappa shape index (κ3) is 3.76. The van der Waals surface area contributed by atoms with Gasteiger partial charge in [0, 0.05) is 18.6 Å². The van der Waals surface area contributed by atoms with Crippen molar-refractivity contribution in [2.75, 3.05) is 16.8 Å². The van der Waals surface area contributed by atoms with Gasteiger partial charge < -0.3 is 10.2 Å². The van der Waals surface area contributed by atoms with Crippen LogP contribution in [0, 0.1) is 10.1 Å². The van der Waals surface area contributed by atoms with Gasteiger partial charge in [-0.3, -0.25) is 10.1 Å². The molecule has 4 rings (SSSR count). The van der Waals surface area contributed by atoms with Crippen molar-refractivity contribution in [1.29, 1.82) is 0 Å². The summed E-state index contributed by atoms with van der Waals surface area (Å²) in [6.45, 7) is 0.903. The smallest absolute Gasteiger partial charge is 0.329 e. The summed E-state index contributed by atoms with van der Waals surface area (Å²) in [5, 5.41) is 14.4. The van der Waals surface area contributed by atoms with Crippen LogP contribution in [0.1, 0.15) is 37.7 Å². The first-order valence-electron chi connectivity index (χ1n) is 9.29. The molecule has 1 saturated heterocycles. The van der Waals surface area contributed by atoms with Gasteiger partial charge in [0.15, 0.2) is 0 Å². The molecule has 136 valence electrons. The van der Waals surface area contributed by atoms with Gasteiger partial charge in [0.1, 0.15) is 6.20 Å². The van der Waals surface area contributed by atoms with Gasteiger partial charge in [-0.2, -0.15) is 4.98 Å². The number of aromatic nitrogens is 2. The van der Waals surface area contributed by atoms with Crippen molar-refractivity contribution in [2.45, 2.75) is 50.6 Å². The fraction of sp³-hybridized carbons (Fsp3) is 0.474. The third-order valence-corrected chi connectivity index (χ3v) is 5.11. The van der Waals surface area contributed by atoms with Gasteiger partial charge in [-0.05, 0) is 44.1 Å². The maximum absolute atomic E-state index is 11.3. The molecule has 1 aromatic carbocycles. The van der Waals surface area contributed by atoms with Crippen molar-refractivity contribution in [3.05, 3.63) is 52.2 Å². The summed E-state index contributed by atoms with van der Waals surface area (Å²) in [6, 6.07) is 11.2. The molecular formula is C19H23N5O2. The molecule has 1 atom stereocenters. The van der Waals surface area contributed by atoms with Crippen LogP contribution in [0.25, 0.3) is 0 Å². The van der Waals surface area contributed by atoms with Crippen molar-refractivity contribution in [3.63, 3.8) is 0 Å². The molecule has 0 amide bonds. The van der Waals surface area contributed by atoms with Crippen molar-refractivity contribution >= 4 is 17.5 Å². The Morgan fingerprint density at radius 3 is 2.77 bits per heavy atom. The number of hydrogen-bond acceptors (Lipinski definition) is 6. The minimum absolute atomic E-state index is 0.0410. The highest BCUT2D eigenvalue weighted by molar-refractivity contribution is 5.58. The molecule has 1 aromatic heterocycles. The van der Waals surface area contributed by atoms with Gasteiger partial charge in [0.05, 0.1) is 4.92 Å². The van der Waals surface area contributed by atoms with Gasteiger partial charge >= 0.3 is 5.69 Å². The Hall–Kier alpha value is -2.70. The molecule has 2 fully saturated rings. The molecule has 2 heterocycles. The summed E-state index contributed by atoms with van der Waals surface area (Å²) in [4.78, 5) is 21.9. The van der Waals surface area contributed by atoms with E-state index in [2.05, 4.69) is 44.5 Å². The molecule has 7 nitrogen and oxygen atoms in total. The van der Waals surface area contributed by atoms with Crippen molar-refractivity contribution in [1.82, 2.24) is 9.97 Å². The first-order valence-corrected chi connectivity index (χ1v) is 9.29. The van der Waals surface area contributed by atoms with E-state index in [9.17, 15) is 10.1 Å². The van der Waals surface area contributed by atoms with Crippen LogP contribution in [0.15, 0.2) is 36.5 Å². The number of nitrogens with zero attached hydrogens (tertiary/aromatic N) is 4. The van der Waals surface area contributed by atoms with Crippen LogP contribution in [0.2, 0.25) is 0 Å². The van der Waals surface area contributed by atoms with E-state index in [-0.39, 0.29) is 5.69 Å². The summed E-state index contributed by atoms with van der Waals surface area (Å²) in [5.41, 5.74) is 1.29. The largest absolute Gasteiger partial charge is 0.361 e. The standard InChI is InChI=1S/C19H23N5O2/c25-24(26)17-13-20-19(22-18(17)21-15-9-10-15)23-12-4-7-16(23)11-8-14-5-2-1-3-6-14/h1-3,5-6,13,15-16H,4,7-12H2,(H,20,21,22). The molecule has 0 spiro atoms. The second kappa shape index (κ2) is 7.27. The molecular weight excluding hydrogens is 330 g/mol. The highest BCUT2D eigenvalue weighted by Gasteiger charge is 2.30. The molecule has 26 heavy (non-hydrogen) atoms. The SMILES string of the molecule is O=[N+]([O-])c1cnc(N2CCCC2CCc2ccccc2)nc1NC1CC1. The first-order chi connectivity index (χ1) is 12.7. The highest BCUT2D eigenvalue weighted by atomic mass is 16.6. The average molecular weight is 353 g/mol. The molecule has 2 aromatic rings. The van der Waals surface area contributed by atoms with Crippen LogP contribution in [-0.4, -0.2) is 33.5 Å². The van der Waals surface area contributed by atoms with Crippen molar-refractivity contribution in [2.24, 2.45) is 0 Å². The van der Waals surface area contributed by atoms with E-state index >= 15 is 0 Å². The molecule has 1 N–H and O–H groups in total. The molecule has 2 aliphatic rings. The lowest BCUT2D eigenvalue weighted by Crippen LogP contribution is -2.31. The fourth-order valence-corrected chi connectivity index (χ4v) is 3.54. The molecule has 0 bridgehead atoms. The average Bonchev–Trinajstić information content (AvgIpc) is 3.34. The lowest BCUT2D eigenvalue weighted by molar-refractivity contribution is -0.384. The predicted octanol–water partition coefficient (Wildman–Crippen LogP) is 3.56. The molecule has 1 unspecified atom stereocenters. The Morgan fingerprint density at radius 1 is 1.23 bits per heavy atom. The Morgan fingerprint density at radius 2 is 2.04 bits per heavy atom. The van der Waals surface area contributed by atoms with Crippen molar-refractivity contribution < 1.29 is 4.92 Å². The summed E-state index contributed by atoms with van der Waals surface area (Å²) in [6.07, 6.45) is 7.70. The molecule has 1 saturated carbocycles. The summed E-state index contributed by atoms with van der Waals surface area (Å²) < 4.78 is 0. The van der Waals surface area contributed by atoms with E-state index in [1.54, 1.807) is 0 Å². The molecule has 1 aliphatic heterocycles. The monoisotopic (exact) mass is 353 g/mol. The van der Waals surface area contributed by atoms with Crippen LogP contribution in [-0.2, 0) is 6.42 Å². The number of benzene rings is 1. The molecule has 7 heteroatoms. The zero-order valence-electron chi connectivity index (χ0n) is 14.7. The lowest BCUT2D eigenvalue weighted by atomic mass is 10.0. The fourth-order valence-electron chi connectivity index (χ4n) is 3.54. The minimum atomic E-state index is -0.411. The highest BCUT2D eigenvalue weighted by Crippen LogP contribution is 2.32. The molecule has 1 aliphatic carbocycles. The van der Waals surface area contributed by atoms with Crippen LogP contribution in [0.5, 0.6) is 0 Å². The Labute approximate surface area is 152 Å². The number of aryl methyl sites for hydroxylation is 1. The number of hydrogen-bond donors (Lipinski definition) is 1. The Balaban J connectivity index is 1.50. The van der Waals surface area contributed by atoms with Gasteiger partial charge in [0.2, 0.25) is 11.8 Å². The number of nitrogens with one attached hydrogen (secondary N) is 1. The number of nitro groups is 1. The maximum Gasteiger partial charge on any atom is 0.329 e. The zero-order valence-corrected chi connectivity index (χ0v) is 14.7. The van der Waals surface area contributed by atoms with Crippen LogP contribution < -0.4 is 10.2 Å². The predicted molar refractivity (Wildman–Crippen MR) is 100 cm³/mol. The topological polar surface area (TPSA) is 84.2 Å². The van der Waals surface area contributed by atoms with Crippen LogP contribution in [0.3, 0.4) is 0 Å². The van der Waals surface area contributed by atoms with Crippen LogP contribution >= 0.6 is 0 Å². The van der Waals surface area contributed by atoms with Crippen molar-refractivity contribution in [3.8, 4) is 0 Å². The van der Waals surface area contributed by atoms with E-state index in [1.165, 1.54) is 11.8 Å². The normalized spacial score (nSPS) is 19.5. The van der Waals surface area contributed by atoms with Crippen LogP contribution in [0.4, 0.5) is 17.5 Å². The van der Waals surface area contributed by atoms with E-state index in [0.29, 0.717) is 23.8 Å². The lowest BCUT2D eigenvalue weighted by Gasteiger charge is -2.25.